The minimum absolute atomic E-state index is 0.0972. The van der Waals surface area contributed by atoms with Gasteiger partial charge in [0.05, 0.1) is 0 Å². The Balaban J connectivity index is 2.28. The summed E-state index contributed by atoms with van der Waals surface area (Å²) in [5, 5.41) is 0. The van der Waals surface area contributed by atoms with Crippen molar-refractivity contribution in [3.63, 3.8) is 0 Å². The predicted octanol–water partition coefficient (Wildman–Crippen LogP) is 0.924. The molecule has 1 aliphatic heterocycles. The fraction of sp³-hybridized carbons (Fsp3) is 1.00. The zero-order chi connectivity index (χ0) is 4.62. The highest BCUT2D eigenvalue weighted by Gasteiger charge is 2.40. The highest BCUT2D eigenvalue weighted by molar-refractivity contribution is 8.97. The SMILES string of the molecule is NCC1(S)SS1. The quantitative estimate of drug-likeness (QED) is 0.321. The maximum atomic E-state index is 5.25. The van der Waals surface area contributed by atoms with Crippen molar-refractivity contribution in [2.45, 2.75) is 3.41 Å². The minimum Gasteiger partial charge on any atom is -0.328 e. The molecule has 1 fully saturated rings. The number of hydrogen-bond donors (Lipinski definition) is 2. The number of nitrogens with two attached hydrogens (primary N) is 1. The van der Waals surface area contributed by atoms with Crippen LogP contribution < -0.4 is 5.73 Å². The van der Waals surface area contributed by atoms with Crippen LogP contribution in [0.2, 0.25) is 0 Å². The van der Waals surface area contributed by atoms with Crippen LogP contribution >= 0.6 is 34.2 Å². The Hall–Kier alpha value is 1.01. The molecule has 1 heterocycles. The Morgan fingerprint density at radius 3 is 2.17 bits per heavy atom. The Bertz CT molecular complexity index is 59.8. The van der Waals surface area contributed by atoms with E-state index in [0.29, 0.717) is 6.54 Å². The minimum atomic E-state index is 0.0972. The molecule has 0 atom stereocenters. The van der Waals surface area contributed by atoms with Crippen molar-refractivity contribution in [2.75, 3.05) is 6.54 Å². The summed E-state index contributed by atoms with van der Waals surface area (Å²) in [6.45, 7) is 0.672. The summed E-state index contributed by atoms with van der Waals surface area (Å²) >= 11 is 4.17. The third-order valence-electron chi connectivity index (χ3n) is 0.534. The predicted molar refractivity (Wildman–Crippen MR) is 36.0 cm³/mol. The van der Waals surface area contributed by atoms with Crippen LogP contribution in [0.4, 0.5) is 0 Å². The van der Waals surface area contributed by atoms with Crippen molar-refractivity contribution in [3.05, 3.63) is 0 Å². The van der Waals surface area contributed by atoms with Crippen LogP contribution in [0.25, 0.3) is 0 Å². The van der Waals surface area contributed by atoms with Gasteiger partial charge >= 0.3 is 0 Å². The topological polar surface area (TPSA) is 26.0 Å². The maximum Gasteiger partial charge on any atom is 0.136 e. The third-order valence-corrected chi connectivity index (χ3v) is 4.60. The van der Waals surface area contributed by atoms with Gasteiger partial charge in [0.15, 0.2) is 0 Å². The van der Waals surface area contributed by atoms with E-state index in [-0.39, 0.29) is 3.41 Å². The first-order valence-corrected chi connectivity index (χ1v) is 4.16. The second-order valence-electron chi connectivity index (χ2n) is 1.08. The molecule has 0 aliphatic carbocycles. The average Bonchev–Trinajstić information content (AvgIpc) is 2.22. The van der Waals surface area contributed by atoms with Crippen molar-refractivity contribution in [1.82, 2.24) is 0 Å². The van der Waals surface area contributed by atoms with Crippen LogP contribution in [-0.2, 0) is 0 Å². The van der Waals surface area contributed by atoms with E-state index in [2.05, 4.69) is 12.6 Å². The second kappa shape index (κ2) is 1.51. The molecule has 0 aromatic carbocycles. The van der Waals surface area contributed by atoms with Crippen molar-refractivity contribution < 1.29 is 0 Å². The van der Waals surface area contributed by atoms with E-state index in [1.807, 2.05) is 0 Å². The molecule has 1 nitrogen and oxygen atoms in total. The van der Waals surface area contributed by atoms with Crippen LogP contribution in [0.15, 0.2) is 0 Å². The summed E-state index contributed by atoms with van der Waals surface area (Å²) in [5.41, 5.74) is 5.25. The summed E-state index contributed by atoms with van der Waals surface area (Å²) in [6, 6.07) is 0. The lowest BCUT2D eigenvalue weighted by Crippen LogP contribution is -2.11. The fourth-order valence-corrected chi connectivity index (χ4v) is 1.38. The number of thiol groups is 1. The molecule has 2 N–H and O–H groups in total. The molecule has 36 valence electrons. The summed E-state index contributed by atoms with van der Waals surface area (Å²) in [7, 11) is 3.45. The van der Waals surface area contributed by atoms with Gasteiger partial charge in [-0.3, -0.25) is 0 Å². The Morgan fingerprint density at radius 1 is 1.67 bits per heavy atom. The van der Waals surface area contributed by atoms with Gasteiger partial charge in [0.1, 0.15) is 3.41 Å². The maximum absolute atomic E-state index is 5.25. The van der Waals surface area contributed by atoms with Gasteiger partial charge in [-0.2, -0.15) is 0 Å². The highest BCUT2D eigenvalue weighted by Crippen LogP contribution is 2.66. The van der Waals surface area contributed by atoms with E-state index in [4.69, 9.17) is 5.73 Å². The van der Waals surface area contributed by atoms with E-state index in [1.165, 1.54) is 0 Å². The molecular formula is C2H5NS3. The molecule has 1 aliphatic rings. The van der Waals surface area contributed by atoms with Crippen molar-refractivity contribution in [3.8, 4) is 0 Å². The van der Waals surface area contributed by atoms with Crippen molar-refractivity contribution >= 4 is 34.2 Å². The Labute approximate surface area is 50.2 Å². The van der Waals surface area contributed by atoms with Crippen molar-refractivity contribution in [1.29, 1.82) is 0 Å². The van der Waals surface area contributed by atoms with E-state index in [9.17, 15) is 0 Å². The monoisotopic (exact) mass is 139 g/mol. The first kappa shape index (κ1) is 5.15. The molecule has 6 heavy (non-hydrogen) atoms. The molecule has 0 spiro atoms. The second-order valence-corrected chi connectivity index (χ2v) is 5.44. The third kappa shape index (κ3) is 0.992. The number of rotatable bonds is 1. The van der Waals surface area contributed by atoms with Crippen LogP contribution in [0, 0.1) is 0 Å². The zero-order valence-electron chi connectivity index (χ0n) is 3.05. The summed E-state index contributed by atoms with van der Waals surface area (Å²) in [4.78, 5) is 0. The zero-order valence-corrected chi connectivity index (χ0v) is 5.58. The highest BCUT2D eigenvalue weighted by atomic mass is 33.2. The van der Waals surface area contributed by atoms with Crippen LogP contribution in [0.5, 0.6) is 0 Å². The first-order chi connectivity index (χ1) is 2.77. The normalized spacial score (nSPS) is 27.0. The van der Waals surface area contributed by atoms with Gasteiger partial charge in [0, 0.05) is 6.54 Å². The van der Waals surface area contributed by atoms with E-state index in [0.717, 1.165) is 0 Å². The molecule has 0 aromatic rings. The smallest absolute Gasteiger partial charge is 0.136 e. The van der Waals surface area contributed by atoms with Gasteiger partial charge in [-0.15, -0.1) is 12.6 Å². The van der Waals surface area contributed by atoms with Crippen LogP contribution in [0.1, 0.15) is 0 Å². The van der Waals surface area contributed by atoms with Crippen molar-refractivity contribution in [2.24, 2.45) is 5.73 Å². The molecule has 1 saturated heterocycles. The molecule has 0 unspecified atom stereocenters. The summed E-state index contributed by atoms with van der Waals surface area (Å²) < 4.78 is 0.0972. The average molecular weight is 139 g/mol. The van der Waals surface area contributed by atoms with E-state index in [1.54, 1.807) is 21.6 Å². The molecule has 0 radical (unpaired) electrons. The summed E-state index contributed by atoms with van der Waals surface area (Å²) in [5.74, 6) is 0. The molecule has 0 bridgehead atoms. The molecule has 0 aromatic heterocycles. The van der Waals surface area contributed by atoms with E-state index >= 15 is 0 Å². The Morgan fingerprint density at radius 2 is 2.17 bits per heavy atom. The molecular weight excluding hydrogens is 134 g/mol. The molecule has 0 saturated carbocycles. The fourth-order valence-electron chi connectivity index (χ4n) is 0.116. The first-order valence-electron chi connectivity index (χ1n) is 1.56. The standard InChI is InChI=1S/C2H5NS3/c3-1-2(4)5-6-2/h4H,1,3H2. The van der Waals surface area contributed by atoms with Crippen LogP contribution in [-0.4, -0.2) is 9.96 Å². The van der Waals surface area contributed by atoms with Gasteiger partial charge in [-0.05, 0) is 0 Å². The van der Waals surface area contributed by atoms with Gasteiger partial charge in [0.25, 0.3) is 0 Å². The van der Waals surface area contributed by atoms with Crippen LogP contribution in [0.3, 0.4) is 0 Å². The Kier molecular flexibility index (Phi) is 1.29. The largest absolute Gasteiger partial charge is 0.328 e. The van der Waals surface area contributed by atoms with Gasteiger partial charge in [0.2, 0.25) is 0 Å². The lowest BCUT2D eigenvalue weighted by Gasteiger charge is -1.90. The van der Waals surface area contributed by atoms with Gasteiger partial charge in [-0.25, -0.2) is 0 Å². The molecule has 0 amide bonds. The van der Waals surface area contributed by atoms with E-state index < -0.39 is 0 Å². The lowest BCUT2D eigenvalue weighted by atomic mass is 10.8. The lowest BCUT2D eigenvalue weighted by molar-refractivity contribution is 1.09. The van der Waals surface area contributed by atoms with Gasteiger partial charge < -0.3 is 5.73 Å². The number of hydrogen-bond acceptors (Lipinski definition) is 4. The van der Waals surface area contributed by atoms with Gasteiger partial charge in [-0.1, -0.05) is 21.6 Å². The molecule has 1 rings (SSSR count). The molecule has 4 heteroatoms. The summed E-state index contributed by atoms with van der Waals surface area (Å²) in [6.07, 6.45) is 0.